The van der Waals surface area contributed by atoms with Crippen LogP contribution in [-0.4, -0.2) is 30.7 Å². The molecule has 0 aliphatic rings. The Kier molecular flexibility index (Phi) is 5.46. The monoisotopic (exact) mass is 315 g/mol. The summed E-state index contributed by atoms with van der Waals surface area (Å²) in [5.74, 6) is 0.0186. The number of hydrogen-bond donors (Lipinski definition) is 0. The zero-order valence-electron chi connectivity index (χ0n) is 13.0. The van der Waals surface area contributed by atoms with E-state index in [1.54, 1.807) is 48.3 Å². The summed E-state index contributed by atoms with van der Waals surface area (Å²) in [7, 11) is 1.68. The number of amides is 1. The van der Waals surface area contributed by atoms with Gasteiger partial charge in [-0.1, -0.05) is 12.1 Å². The number of rotatable bonds is 6. The van der Waals surface area contributed by atoms with Gasteiger partial charge in [-0.2, -0.15) is 0 Å². The van der Waals surface area contributed by atoms with Crippen molar-refractivity contribution in [1.82, 2.24) is 4.90 Å². The summed E-state index contributed by atoms with van der Waals surface area (Å²) in [4.78, 5) is 24.3. The number of carbonyl (C=O) groups is 2. The first-order valence-electron chi connectivity index (χ1n) is 7.20. The average Bonchev–Trinajstić information content (AvgIpc) is 2.59. The summed E-state index contributed by atoms with van der Waals surface area (Å²) in [5.41, 5.74) is 1.39. The van der Waals surface area contributed by atoms with Gasteiger partial charge in [-0.15, -0.1) is 0 Å². The number of hydrogen-bond acceptors (Lipinski definition) is 3. The number of aldehydes is 1. The summed E-state index contributed by atoms with van der Waals surface area (Å²) in [6, 6.07) is 12.4. The van der Waals surface area contributed by atoms with E-state index in [2.05, 4.69) is 0 Å². The maximum Gasteiger partial charge on any atom is 0.260 e. The highest BCUT2D eigenvalue weighted by atomic mass is 19.1. The van der Waals surface area contributed by atoms with Crippen LogP contribution in [0, 0.1) is 5.82 Å². The summed E-state index contributed by atoms with van der Waals surface area (Å²) in [5, 5.41) is 0. The van der Waals surface area contributed by atoms with Crippen LogP contribution in [-0.2, 0) is 4.79 Å². The quantitative estimate of drug-likeness (QED) is 0.769. The van der Waals surface area contributed by atoms with Crippen LogP contribution >= 0.6 is 0 Å². The molecule has 0 aromatic heterocycles. The minimum Gasteiger partial charge on any atom is -0.484 e. The highest BCUT2D eigenvalue weighted by Gasteiger charge is 2.17. The number of nitrogens with zero attached hydrogens (tertiary/aromatic N) is 1. The lowest BCUT2D eigenvalue weighted by atomic mass is 10.1. The van der Waals surface area contributed by atoms with E-state index in [1.165, 1.54) is 12.1 Å². The van der Waals surface area contributed by atoms with E-state index >= 15 is 0 Å². The first kappa shape index (κ1) is 16.7. The van der Waals surface area contributed by atoms with Gasteiger partial charge in [-0.3, -0.25) is 9.59 Å². The van der Waals surface area contributed by atoms with Crippen molar-refractivity contribution in [1.29, 1.82) is 0 Å². The van der Waals surface area contributed by atoms with E-state index in [-0.39, 0.29) is 24.4 Å². The number of benzene rings is 2. The van der Waals surface area contributed by atoms with Crippen LogP contribution in [0.25, 0.3) is 0 Å². The highest BCUT2D eigenvalue weighted by molar-refractivity contribution is 5.78. The van der Waals surface area contributed by atoms with Crippen molar-refractivity contribution in [3.05, 3.63) is 65.5 Å². The Labute approximate surface area is 134 Å². The Morgan fingerprint density at radius 2 is 1.78 bits per heavy atom. The molecule has 0 spiro atoms. The molecule has 1 amide bonds. The fourth-order valence-corrected chi connectivity index (χ4v) is 2.07. The normalized spacial score (nSPS) is 11.6. The maximum absolute atomic E-state index is 12.9. The molecule has 0 aliphatic heterocycles. The molecule has 2 aromatic carbocycles. The summed E-state index contributed by atoms with van der Waals surface area (Å²) >= 11 is 0. The second kappa shape index (κ2) is 7.54. The number of carbonyl (C=O) groups excluding carboxylic acids is 2. The number of halogens is 1. The zero-order chi connectivity index (χ0) is 16.8. The lowest BCUT2D eigenvalue weighted by Crippen LogP contribution is -2.33. The second-order valence-electron chi connectivity index (χ2n) is 5.21. The lowest BCUT2D eigenvalue weighted by Gasteiger charge is -2.25. The topological polar surface area (TPSA) is 46.6 Å². The predicted molar refractivity (Wildman–Crippen MR) is 84.9 cm³/mol. The standard InChI is InChI=1S/C18H18FNO3/c1-13(15-5-7-16(19)8-6-15)20(2)18(22)12-23-17-9-3-14(11-21)4-10-17/h3-11,13H,12H2,1-2H3. The van der Waals surface area contributed by atoms with Gasteiger partial charge in [0.1, 0.15) is 17.9 Å². The van der Waals surface area contributed by atoms with E-state index < -0.39 is 0 Å². The van der Waals surface area contributed by atoms with Gasteiger partial charge < -0.3 is 9.64 Å². The SMILES string of the molecule is CC(c1ccc(F)cc1)N(C)C(=O)COc1ccc(C=O)cc1. The molecule has 120 valence electrons. The van der Waals surface area contributed by atoms with Crippen LogP contribution in [0.4, 0.5) is 4.39 Å². The third-order valence-electron chi connectivity index (χ3n) is 3.71. The van der Waals surface area contributed by atoms with Gasteiger partial charge in [0, 0.05) is 12.6 Å². The van der Waals surface area contributed by atoms with Crippen molar-refractivity contribution >= 4 is 12.2 Å². The van der Waals surface area contributed by atoms with E-state index in [9.17, 15) is 14.0 Å². The molecule has 1 unspecified atom stereocenters. The molecular weight excluding hydrogens is 297 g/mol. The first-order chi connectivity index (χ1) is 11.0. The van der Waals surface area contributed by atoms with Crippen molar-refractivity contribution in [3.8, 4) is 5.75 Å². The van der Waals surface area contributed by atoms with Gasteiger partial charge in [0.2, 0.25) is 0 Å². The van der Waals surface area contributed by atoms with E-state index in [1.807, 2.05) is 6.92 Å². The van der Waals surface area contributed by atoms with Gasteiger partial charge in [0.15, 0.2) is 6.61 Å². The summed E-state index contributed by atoms with van der Waals surface area (Å²) < 4.78 is 18.4. The molecule has 0 N–H and O–H groups in total. The molecule has 0 saturated carbocycles. The molecule has 2 rings (SSSR count). The smallest absolute Gasteiger partial charge is 0.260 e. The zero-order valence-corrected chi connectivity index (χ0v) is 13.0. The molecule has 23 heavy (non-hydrogen) atoms. The molecule has 0 saturated heterocycles. The minimum atomic E-state index is -0.308. The molecule has 0 bridgehead atoms. The van der Waals surface area contributed by atoms with E-state index in [0.29, 0.717) is 11.3 Å². The summed E-state index contributed by atoms with van der Waals surface area (Å²) in [6.45, 7) is 1.76. The third kappa shape index (κ3) is 4.39. The van der Waals surface area contributed by atoms with E-state index in [4.69, 9.17) is 4.74 Å². The van der Waals surface area contributed by atoms with Crippen molar-refractivity contribution in [2.75, 3.05) is 13.7 Å². The summed E-state index contributed by atoms with van der Waals surface area (Å²) in [6.07, 6.45) is 0.743. The van der Waals surface area contributed by atoms with Gasteiger partial charge in [0.05, 0.1) is 6.04 Å². The molecule has 2 aromatic rings. The predicted octanol–water partition coefficient (Wildman–Crippen LogP) is 3.24. The fourth-order valence-electron chi connectivity index (χ4n) is 2.07. The Bertz CT molecular complexity index is 668. The highest BCUT2D eigenvalue weighted by Crippen LogP contribution is 2.19. The van der Waals surface area contributed by atoms with Crippen LogP contribution in [0.2, 0.25) is 0 Å². The molecule has 0 fully saturated rings. The molecule has 0 aliphatic carbocycles. The van der Waals surface area contributed by atoms with Crippen molar-refractivity contribution in [3.63, 3.8) is 0 Å². The Hall–Kier alpha value is -2.69. The second-order valence-corrected chi connectivity index (χ2v) is 5.21. The molecule has 0 radical (unpaired) electrons. The Morgan fingerprint density at radius 3 is 2.35 bits per heavy atom. The average molecular weight is 315 g/mol. The number of likely N-dealkylation sites (N-methyl/N-ethyl adjacent to an activating group) is 1. The van der Waals surface area contributed by atoms with Crippen LogP contribution < -0.4 is 4.74 Å². The van der Waals surface area contributed by atoms with Crippen LogP contribution in [0.1, 0.15) is 28.9 Å². The minimum absolute atomic E-state index is 0.109. The Morgan fingerprint density at radius 1 is 1.17 bits per heavy atom. The van der Waals surface area contributed by atoms with Gasteiger partial charge in [-0.05, 0) is 48.9 Å². The van der Waals surface area contributed by atoms with Gasteiger partial charge >= 0.3 is 0 Å². The maximum atomic E-state index is 12.9. The molecule has 0 heterocycles. The van der Waals surface area contributed by atoms with Crippen molar-refractivity contribution < 1.29 is 18.7 Å². The Balaban J connectivity index is 1.93. The van der Waals surface area contributed by atoms with E-state index in [0.717, 1.165) is 11.8 Å². The van der Waals surface area contributed by atoms with Gasteiger partial charge in [0.25, 0.3) is 5.91 Å². The lowest BCUT2D eigenvalue weighted by molar-refractivity contribution is -0.134. The van der Waals surface area contributed by atoms with Crippen LogP contribution in [0.3, 0.4) is 0 Å². The third-order valence-corrected chi connectivity index (χ3v) is 3.71. The molecule has 1 atom stereocenters. The first-order valence-corrected chi connectivity index (χ1v) is 7.20. The molecule has 4 nitrogen and oxygen atoms in total. The molecule has 5 heteroatoms. The van der Waals surface area contributed by atoms with Gasteiger partial charge in [-0.25, -0.2) is 4.39 Å². The van der Waals surface area contributed by atoms with Crippen LogP contribution in [0.5, 0.6) is 5.75 Å². The van der Waals surface area contributed by atoms with Crippen molar-refractivity contribution in [2.45, 2.75) is 13.0 Å². The van der Waals surface area contributed by atoms with Crippen molar-refractivity contribution in [2.24, 2.45) is 0 Å². The number of ether oxygens (including phenoxy) is 1. The largest absolute Gasteiger partial charge is 0.484 e. The molecular formula is C18H18FNO3. The fraction of sp³-hybridized carbons (Fsp3) is 0.222. The van der Waals surface area contributed by atoms with Crippen LogP contribution in [0.15, 0.2) is 48.5 Å².